The van der Waals surface area contributed by atoms with Crippen molar-refractivity contribution < 1.29 is 4.79 Å². The summed E-state index contributed by atoms with van der Waals surface area (Å²) in [5, 5.41) is 13.2. The number of carbonyl (C=O) groups is 1. The lowest BCUT2D eigenvalue weighted by atomic mass is 9.96. The Balaban J connectivity index is 1.46. The van der Waals surface area contributed by atoms with Crippen molar-refractivity contribution in [1.29, 1.82) is 0 Å². The molecule has 124 valence electrons. The van der Waals surface area contributed by atoms with Gasteiger partial charge in [0.25, 0.3) is 0 Å². The van der Waals surface area contributed by atoms with Gasteiger partial charge in [-0.15, -0.1) is 16.5 Å². The van der Waals surface area contributed by atoms with Crippen LogP contribution in [0.15, 0.2) is 33.9 Å². The molecule has 2 aliphatic heterocycles. The largest absolute Gasteiger partial charge is 0.329 e. The summed E-state index contributed by atoms with van der Waals surface area (Å²) in [5.74, 6) is 1.28. The van der Waals surface area contributed by atoms with Crippen LogP contribution in [0.5, 0.6) is 0 Å². The summed E-state index contributed by atoms with van der Waals surface area (Å²) in [6.07, 6.45) is 3.01. The lowest BCUT2D eigenvalue weighted by Crippen LogP contribution is -2.39. The van der Waals surface area contributed by atoms with Crippen molar-refractivity contribution in [2.45, 2.75) is 19.0 Å². The Morgan fingerprint density at radius 1 is 1.38 bits per heavy atom. The molecule has 24 heavy (non-hydrogen) atoms. The second-order valence-corrected chi connectivity index (χ2v) is 7.10. The summed E-state index contributed by atoms with van der Waals surface area (Å²) in [4.78, 5) is 24.5. The van der Waals surface area contributed by atoms with Gasteiger partial charge in [-0.2, -0.15) is 5.11 Å². The number of hydrogen-bond acceptors (Lipinski definition) is 7. The van der Waals surface area contributed by atoms with Crippen molar-refractivity contribution >= 4 is 23.1 Å². The Morgan fingerprint density at radius 3 is 2.96 bits per heavy atom. The summed E-state index contributed by atoms with van der Waals surface area (Å²) in [6.45, 7) is 1.91. The zero-order chi connectivity index (χ0) is 16.5. The first-order valence-electron chi connectivity index (χ1n) is 8.01. The summed E-state index contributed by atoms with van der Waals surface area (Å²) in [5.41, 5.74) is 0.761. The van der Waals surface area contributed by atoms with E-state index in [0.717, 1.165) is 36.4 Å². The van der Waals surface area contributed by atoms with E-state index in [4.69, 9.17) is 0 Å². The fourth-order valence-electron chi connectivity index (χ4n) is 2.98. The lowest BCUT2D eigenvalue weighted by Gasteiger charge is -2.28. The van der Waals surface area contributed by atoms with Gasteiger partial charge in [-0.3, -0.25) is 4.79 Å². The van der Waals surface area contributed by atoms with E-state index < -0.39 is 6.17 Å². The van der Waals surface area contributed by atoms with Crippen molar-refractivity contribution in [2.24, 2.45) is 16.1 Å². The number of hydrogen-bond donors (Lipinski definition) is 1. The van der Waals surface area contributed by atoms with Gasteiger partial charge in [0.1, 0.15) is 0 Å². The highest BCUT2D eigenvalue weighted by Gasteiger charge is 2.29. The maximum atomic E-state index is 12.5. The maximum Gasteiger partial charge on any atom is 0.225 e. The van der Waals surface area contributed by atoms with Crippen LogP contribution in [0, 0.1) is 5.92 Å². The fraction of sp³-hybridized carbons (Fsp3) is 0.438. The SMILES string of the molecule is CN1CCC(C(=O)NC2N=Nc3nc(-c4cccs4)ncc32)CC1. The van der Waals surface area contributed by atoms with E-state index in [-0.39, 0.29) is 11.8 Å². The molecule has 7 nitrogen and oxygen atoms in total. The standard InChI is InChI=1S/C16H18N6OS/c1-22-6-4-10(5-7-22)16(23)19-14-11-9-17-15(12-3-2-8-24-12)18-13(11)20-21-14/h2-3,8-10,14H,4-7H2,1H3,(H,19,23). The second kappa shape index (κ2) is 6.37. The van der Waals surface area contributed by atoms with Crippen LogP contribution >= 0.6 is 11.3 Å². The second-order valence-electron chi connectivity index (χ2n) is 6.15. The Labute approximate surface area is 143 Å². The third-order valence-electron chi connectivity index (χ3n) is 4.47. The minimum Gasteiger partial charge on any atom is -0.329 e. The minimum atomic E-state index is -0.468. The van der Waals surface area contributed by atoms with Gasteiger partial charge < -0.3 is 10.2 Å². The molecule has 0 saturated carbocycles. The molecule has 1 unspecified atom stereocenters. The van der Waals surface area contributed by atoms with Crippen LogP contribution < -0.4 is 5.32 Å². The highest BCUT2D eigenvalue weighted by Crippen LogP contribution is 2.34. The van der Waals surface area contributed by atoms with E-state index in [9.17, 15) is 4.79 Å². The van der Waals surface area contributed by atoms with Crippen LogP contribution in [-0.2, 0) is 4.79 Å². The number of aromatic nitrogens is 2. The van der Waals surface area contributed by atoms with Gasteiger partial charge in [-0.25, -0.2) is 9.97 Å². The zero-order valence-electron chi connectivity index (χ0n) is 13.3. The molecule has 2 aromatic heterocycles. The first kappa shape index (κ1) is 15.3. The van der Waals surface area contributed by atoms with Crippen LogP contribution in [0.25, 0.3) is 10.7 Å². The Kier molecular flexibility index (Phi) is 4.07. The quantitative estimate of drug-likeness (QED) is 0.930. The number of carbonyl (C=O) groups excluding carboxylic acids is 1. The van der Waals surface area contributed by atoms with Crippen LogP contribution in [0.4, 0.5) is 5.82 Å². The Hall–Kier alpha value is -2.19. The van der Waals surface area contributed by atoms with E-state index in [1.807, 2.05) is 17.5 Å². The molecule has 8 heteroatoms. The number of nitrogens with one attached hydrogen (secondary N) is 1. The average molecular weight is 342 g/mol. The summed E-state index contributed by atoms with van der Waals surface area (Å²) in [6, 6.07) is 3.93. The fourth-order valence-corrected chi connectivity index (χ4v) is 3.65. The number of azo groups is 1. The highest BCUT2D eigenvalue weighted by molar-refractivity contribution is 7.13. The molecule has 0 spiro atoms. The monoisotopic (exact) mass is 342 g/mol. The minimum absolute atomic E-state index is 0.0437. The van der Waals surface area contributed by atoms with Crippen molar-refractivity contribution in [3.8, 4) is 10.7 Å². The first-order chi connectivity index (χ1) is 11.7. The number of fused-ring (bicyclic) bond motifs is 1. The number of thiophene rings is 1. The number of nitrogens with zero attached hydrogens (tertiary/aromatic N) is 5. The van der Waals surface area contributed by atoms with E-state index in [1.54, 1.807) is 17.5 Å². The first-order valence-corrected chi connectivity index (χ1v) is 8.89. The molecule has 2 aromatic rings. The third-order valence-corrected chi connectivity index (χ3v) is 5.33. The summed E-state index contributed by atoms with van der Waals surface area (Å²) >= 11 is 1.58. The predicted molar refractivity (Wildman–Crippen MR) is 91.0 cm³/mol. The molecule has 0 aromatic carbocycles. The number of piperidine rings is 1. The van der Waals surface area contributed by atoms with Crippen LogP contribution in [0.2, 0.25) is 0 Å². The van der Waals surface area contributed by atoms with Crippen LogP contribution in [0.3, 0.4) is 0 Å². The molecule has 1 saturated heterocycles. The van der Waals surface area contributed by atoms with Crippen molar-refractivity contribution in [2.75, 3.05) is 20.1 Å². The normalized spacial score (nSPS) is 21.0. The van der Waals surface area contributed by atoms with Gasteiger partial charge in [0.2, 0.25) is 5.91 Å². The molecule has 1 N–H and O–H groups in total. The summed E-state index contributed by atoms with van der Waals surface area (Å²) < 4.78 is 0. The van der Waals surface area contributed by atoms with E-state index >= 15 is 0 Å². The molecule has 4 rings (SSSR count). The molecule has 4 heterocycles. The average Bonchev–Trinajstić information content (AvgIpc) is 3.25. The summed E-state index contributed by atoms with van der Waals surface area (Å²) in [7, 11) is 2.08. The molecule has 0 radical (unpaired) electrons. The van der Waals surface area contributed by atoms with E-state index in [2.05, 4.69) is 37.5 Å². The van der Waals surface area contributed by atoms with Crippen molar-refractivity contribution in [3.05, 3.63) is 29.3 Å². The molecule has 1 fully saturated rings. The molecule has 1 amide bonds. The topological polar surface area (TPSA) is 82.8 Å². The van der Waals surface area contributed by atoms with Gasteiger partial charge >= 0.3 is 0 Å². The maximum absolute atomic E-state index is 12.5. The molecule has 0 aliphatic carbocycles. The smallest absolute Gasteiger partial charge is 0.225 e. The molecule has 2 aliphatic rings. The third kappa shape index (κ3) is 2.94. The number of likely N-dealkylation sites (tertiary alicyclic amines) is 1. The van der Waals surface area contributed by atoms with Gasteiger partial charge in [0, 0.05) is 12.1 Å². The van der Waals surface area contributed by atoms with Crippen LogP contribution in [-0.4, -0.2) is 40.9 Å². The zero-order valence-corrected chi connectivity index (χ0v) is 14.2. The van der Waals surface area contributed by atoms with E-state index in [0.29, 0.717) is 11.6 Å². The molecule has 0 bridgehead atoms. The number of amides is 1. The van der Waals surface area contributed by atoms with Gasteiger partial charge in [-0.1, -0.05) is 6.07 Å². The molecular formula is C16H18N6OS. The highest BCUT2D eigenvalue weighted by atomic mass is 32.1. The lowest BCUT2D eigenvalue weighted by molar-refractivity contribution is -0.127. The van der Waals surface area contributed by atoms with Gasteiger partial charge in [-0.05, 0) is 44.4 Å². The van der Waals surface area contributed by atoms with Crippen molar-refractivity contribution in [3.63, 3.8) is 0 Å². The van der Waals surface area contributed by atoms with Gasteiger partial charge in [0.05, 0.1) is 10.4 Å². The predicted octanol–water partition coefficient (Wildman–Crippen LogP) is 2.76. The molecule has 1 atom stereocenters. The van der Waals surface area contributed by atoms with Crippen molar-refractivity contribution in [1.82, 2.24) is 20.2 Å². The molecular weight excluding hydrogens is 324 g/mol. The van der Waals surface area contributed by atoms with Crippen LogP contribution in [0.1, 0.15) is 24.6 Å². The van der Waals surface area contributed by atoms with E-state index in [1.165, 1.54) is 0 Å². The Morgan fingerprint density at radius 2 is 2.21 bits per heavy atom. The van der Waals surface area contributed by atoms with Gasteiger partial charge in [0.15, 0.2) is 17.8 Å². The number of rotatable bonds is 3. The Bertz CT molecular complexity index is 767.